The van der Waals surface area contributed by atoms with Crippen molar-refractivity contribution in [3.8, 4) is 29.5 Å². The van der Waals surface area contributed by atoms with Crippen molar-refractivity contribution < 1.29 is 4.39 Å². The molecule has 0 amide bonds. The van der Waals surface area contributed by atoms with Gasteiger partial charge in [-0.25, -0.2) is 9.49 Å². The molecule has 0 atom stereocenters. The second kappa shape index (κ2) is 9.88. The number of nitrogens with zero attached hydrogens (tertiary/aromatic N) is 4. The van der Waals surface area contributed by atoms with Gasteiger partial charge in [0.15, 0.2) is 0 Å². The Labute approximate surface area is 201 Å². The van der Waals surface area contributed by atoms with Crippen molar-refractivity contribution in [2.75, 3.05) is 0 Å². The molecule has 3 aromatic rings. The summed E-state index contributed by atoms with van der Waals surface area (Å²) in [6.07, 6.45) is 10.5. The summed E-state index contributed by atoms with van der Waals surface area (Å²) in [5, 5.41) is 21.7. The summed E-state index contributed by atoms with van der Waals surface area (Å²) in [6, 6.07) is 7.43. The first-order chi connectivity index (χ1) is 16.2. The lowest BCUT2D eigenvalue weighted by atomic mass is 9.80. The molecular formula is C25H22ClFN6O. The maximum Gasteiger partial charge on any atom is 0.272 e. The highest BCUT2D eigenvalue weighted by Crippen LogP contribution is 2.35. The summed E-state index contributed by atoms with van der Waals surface area (Å²) >= 11 is 5.90. The Kier molecular flexibility index (Phi) is 7.17. The van der Waals surface area contributed by atoms with Gasteiger partial charge in [-0.1, -0.05) is 23.6 Å². The molecule has 0 bridgehead atoms. The number of hydrogen-bond donors (Lipinski definition) is 2. The van der Waals surface area contributed by atoms with E-state index < -0.39 is 5.41 Å². The molecule has 3 N–H and O–H groups in total. The van der Waals surface area contributed by atoms with Crippen LogP contribution in [-0.2, 0) is 13.6 Å². The highest BCUT2D eigenvalue weighted by atomic mass is 35.5. The number of aromatic nitrogens is 4. The third-order valence-corrected chi connectivity index (χ3v) is 5.66. The van der Waals surface area contributed by atoms with Crippen molar-refractivity contribution in [3.05, 3.63) is 74.7 Å². The molecule has 0 aliphatic heterocycles. The number of aryl methyl sites for hydroxylation is 1. The number of nitriles is 1. The van der Waals surface area contributed by atoms with Crippen LogP contribution in [0.25, 0.3) is 28.0 Å². The topological polar surface area (TPSA) is 113 Å². The van der Waals surface area contributed by atoms with E-state index in [9.17, 15) is 14.4 Å². The van der Waals surface area contributed by atoms with Gasteiger partial charge in [0.25, 0.3) is 5.56 Å². The van der Waals surface area contributed by atoms with Crippen LogP contribution >= 0.6 is 11.6 Å². The first-order valence-electron chi connectivity index (χ1n) is 10.2. The molecule has 0 saturated carbocycles. The molecule has 0 unspecified atom stereocenters. The molecule has 2 heterocycles. The zero-order valence-electron chi connectivity index (χ0n) is 18.9. The van der Waals surface area contributed by atoms with Gasteiger partial charge >= 0.3 is 0 Å². The number of fused-ring (bicyclic) bond motifs is 1. The van der Waals surface area contributed by atoms with Gasteiger partial charge in [0, 0.05) is 24.5 Å². The number of benzene rings is 1. The Balaban J connectivity index is 2.26. The molecule has 0 saturated heterocycles. The van der Waals surface area contributed by atoms with Crippen molar-refractivity contribution >= 4 is 28.4 Å². The number of nitrogens with two attached hydrogens (primary N) is 1. The molecule has 2 aromatic heterocycles. The van der Waals surface area contributed by atoms with Gasteiger partial charge in [-0.3, -0.25) is 9.48 Å². The minimum Gasteiger partial charge on any atom is -0.325 e. The lowest BCUT2D eigenvalue weighted by Crippen LogP contribution is -2.14. The van der Waals surface area contributed by atoms with Gasteiger partial charge in [0.05, 0.1) is 45.1 Å². The Hall–Kier alpha value is -3.98. The predicted octanol–water partition coefficient (Wildman–Crippen LogP) is 4.32. The molecule has 0 fully saturated rings. The molecule has 0 radical (unpaired) electrons. The molecule has 9 heteroatoms. The third kappa shape index (κ3) is 4.69. The molecule has 0 aliphatic carbocycles. The molecule has 0 spiro atoms. The number of terminal acetylenes is 1. The van der Waals surface area contributed by atoms with E-state index in [2.05, 4.69) is 27.3 Å². The van der Waals surface area contributed by atoms with Gasteiger partial charge in [-0.2, -0.15) is 15.5 Å². The highest BCUT2D eigenvalue weighted by molar-refractivity contribution is 6.31. The van der Waals surface area contributed by atoms with Gasteiger partial charge in [0.2, 0.25) is 0 Å². The number of allylic oxidation sites excluding steroid dienone is 4. The predicted molar refractivity (Wildman–Crippen MR) is 132 cm³/mol. The number of hydrogen-bond acceptors (Lipinski definition) is 5. The maximum absolute atomic E-state index is 13.0. The van der Waals surface area contributed by atoms with E-state index in [0.717, 1.165) is 5.56 Å². The fourth-order valence-electron chi connectivity index (χ4n) is 3.53. The SMILES string of the molecule is C#CC(C)(C)C(=C/C(Cl)=C/F)/C(C#N)=C/c1c(-c2ccc3c(=O)[nH]nc(CN)c3c2)cnn1C. The molecule has 1 aromatic carbocycles. The summed E-state index contributed by atoms with van der Waals surface area (Å²) in [5.41, 5.74) is 7.74. The van der Waals surface area contributed by atoms with Crippen molar-refractivity contribution in [1.29, 1.82) is 5.26 Å². The second-order valence-corrected chi connectivity index (χ2v) is 8.46. The van der Waals surface area contributed by atoms with E-state index in [1.54, 1.807) is 50.0 Å². The van der Waals surface area contributed by atoms with Crippen LogP contribution in [0.15, 0.2) is 57.8 Å². The minimum atomic E-state index is -0.908. The average Bonchev–Trinajstić information content (AvgIpc) is 3.20. The van der Waals surface area contributed by atoms with Crippen molar-refractivity contribution in [1.82, 2.24) is 20.0 Å². The fourth-order valence-corrected chi connectivity index (χ4v) is 3.64. The Morgan fingerprint density at radius 1 is 1.41 bits per heavy atom. The lowest BCUT2D eigenvalue weighted by molar-refractivity contribution is 0.618. The quantitative estimate of drug-likeness (QED) is 0.312. The van der Waals surface area contributed by atoms with Crippen LogP contribution in [0.3, 0.4) is 0 Å². The van der Waals surface area contributed by atoms with Crippen LogP contribution in [0.1, 0.15) is 25.2 Å². The number of nitrogens with one attached hydrogen (secondary N) is 1. The summed E-state index contributed by atoms with van der Waals surface area (Å²) < 4.78 is 14.6. The van der Waals surface area contributed by atoms with E-state index >= 15 is 0 Å². The monoisotopic (exact) mass is 476 g/mol. The van der Waals surface area contributed by atoms with E-state index in [1.165, 1.54) is 6.08 Å². The molecule has 0 aliphatic rings. The smallest absolute Gasteiger partial charge is 0.272 e. The van der Waals surface area contributed by atoms with Crippen LogP contribution in [0.2, 0.25) is 0 Å². The Morgan fingerprint density at radius 3 is 2.76 bits per heavy atom. The zero-order valence-corrected chi connectivity index (χ0v) is 19.6. The maximum atomic E-state index is 13.0. The zero-order chi connectivity index (χ0) is 25.0. The van der Waals surface area contributed by atoms with Gasteiger partial charge in [0.1, 0.15) is 6.33 Å². The largest absolute Gasteiger partial charge is 0.325 e. The van der Waals surface area contributed by atoms with Crippen molar-refractivity contribution in [3.63, 3.8) is 0 Å². The highest BCUT2D eigenvalue weighted by Gasteiger charge is 2.25. The first-order valence-corrected chi connectivity index (χ1v) is 10.6. The fraction of sp³-hybridized carbons (Fsp3) is 0.200. The van der Waals surface area contributed by atoms with Gasteiger partial charge in [-0.05, 0) is 49.3 Å². The summed E-state index contributed by atoms with van der Waals surface area (Å²) in [5.74, 6) is 2.62. The van der Waals surface area contributed by atoms with Crippen LogP contribution in [-0.4, -0.2) is 20.0 Å². The summed E-state index contributed by atoms with van der Waals surface area (Å²) in [7, 11) is 1.73. The number of rotatable bonds is 6. The van der Waals surface area contributed by atoms with Crippen LogP contribution in [0, 0.1) is 29.1 Å². The number of halogens is 2. The molecule has 34 heavy (non-hydrogen) atoms. The van der Waals surface area contributed by atoms with E-state index in [0.29, 0.717) is 33.3 Å². The summed E-state index contributed by atoms with van der Waals surface area (Å²) in [4.78, 5) is 12.2. The standard InChI is InChI=1S/C25H22ClFN6O/c1-5-25(2,3)21(10-17(26)11-27)16(12-28)9-23-20(14-30-33(23)4)15-6-7-18-19(8-15)22(13-29)31-32-24(18)34/h1,6-11,14H,13,29H2,2-4H3,(H,32,34)/b16-9+,17-11-,21-10+. The second-order valence-electron chi connectivity index (χ2n) is 8.02. The lowest BCUT2D eigenvalue weighted by Gasteiger charge is -2.22. The van der Waals surface area contributed by atoms with E-state index in [-0.39, 0.29) is 29.0 Å². The van der Waals surface area contributed by atoms with Crippen LogP contribution in [0.5, 0.6) is 0 Å². The average molecular weight is 477 g/mol. The normalized spacial score (nSPS) is 13.1. The van der Waals surface area contributed by atoms with Crippen LogP contribution in [0.4, 0.5) is 4.39 Å². The molecular weight excluding hydrogens is 455 g/mol. The molecule has 172 valence electrons. The van der Waals surface area contributed by atoms with Gasteiger partial charge < -0.3 is 5.73 Å². The van der Waals surface area contributed by atoms with Gasteiger partial charge in [-0.15, -0.1) is 6.42 Å². The Morgan fingerprint density at radius 2 is 2.15 bits per heavy atom. The van der Waals surface area contributed by atoms with Crippen LogP contribution < -0.4 is 11.3 Å². The van der Waals surface area contributed by atoms with Crippen molar-refractivity contribution in [2.24, 2.45) is 18.2 Å². The molecule has 3 rings (SSSR count). The first kappa shape index (κ1) is 24.7. The Bertz CT molecular complexity index is 1490. The van der Waals surface area contributed by atoms with Crippen molar-refractivity contribution in [2.45, 2.75) is 20.4 Å². The third-order valence-electron chi connectivity index (χ3n) is 5.47. The number of aromatic amines is 1. The number of H-pyrrole nitrogens is 1. The summed E-state index contributed by atoms with van der Waals surface area (Å²) in [6.45, 7) is 3.62. The van der Waals surface area contributed by atoms with E-state index in [4.69, 9.17) is 23.8 Å². The molecule has 7 nitrogen and oxygen atoms in total. The minimum absolute atomic E-state index is 0.146. The van der Waals surface area contributed by atoms with E-state index in [1.807, 2.05) is 6.07 Å².